The van der Waals surface area contributed by atoms with Crippen molar-refractivity contribution in [1.29, 1.82) is 0 Å². The third-order valence-electron chi connectivity index (χ3n) is 1.94. The molecule has 3 nitrogen and oxygen atoms in total. The van der Waals surface area contributed by atoms with Crippen LogP contribution < -0.4 is 5.73 Å². The average molecular weight is 243 g/mol. The summed E-state index contributed by atoms with van der Waals surface area (Å²) in [5, 5.41) is 3.21. The first-order valence-electron chi connectivity index (χ1n) is 5.03. The SMILES string of the molecule is CCCN(CC(N)=S)Cc1nc(C)cs1. The van der Waals surface area contributed by atoms with E-state index >= 15 is 0 Å². The summed E-state index contributed by atoms with van der Waals surface area (Å²) < 4.78 is 0. The van der Waals surface area contributed by atoms with Gasteiger partial charge in [0, 0.05) is 17.6 Å². The summed E-state index contributed by atoms with van der Waals surface area (Å²) >= 11 is 6.62. The second-order valence-electron chi connectivity index (χ2n) is 3.56. The Kier molecular flexibility index (Phi) is 5.14. The number of hydrogen-bond acceptors (Lipinski definition) is 4. The van der Waals surface area contributed by atoms with Gasteiger partial charge in [0.25, 0.3) is 0 Å². The highest BCUT2D eigenvalue weighted by Gasteiger charge is 2.08. The molecule has 0 unspecified atom stereocenters. The van der Waals surface area contributed by atoms with Gasteiger partial charge in [-0.15, -0.1) is 11.3 Å². The molecule has 1 heterocycles. The standard InChI is InChI=1S/C10H17N3S2/c1-3-4-13(5-9(11)14)6-10-12-8(2)7-15-10/h7H,3-6H2,1-2H3,(H2,11,14). The van der Waals surface area contributed by atoms with Crippen LogP contribution in [0.1, 0.15) is 24.0 Å². The summed E-state index contributed by atoms with van der Waals surface area (Å²) in [4.78, 5) is 7.22. The van der Waals surface area contributed by atoms with Crippen molar-refractivity contribution in [2.24, 2.45) is 5.73 Å². The van der Waals surface area contributed by atoms with Gasteiger partial charge in [0.2, 0.25) is 0 Å². The minimum atomic E-state index is 0.553. The topological polar surface area (TPSA) is 42.1 Å². The lowest BCUT2D eigenvalue weighted by atomic mass is 10.4. The van der Waals surface area contributed by atoms with Crippen LogP contribution in [-0.4, -0.2) is 28.0 Å². The van der Waals surface area contributed by atoms with E-state index in [4.69, 9.17) is 18.0 Å². The average Bonchev–Trinajstić information content (AvgIpc) is 2.50. The minimum absolute atomic E-state index is 0.553. The fraction of sp³-hybridized carbons (Fsp3) is 0.600. The van der Waals surface area contributed by atoms with Crippen molar-refractivity contribution in [2.75, 3.05) is 13.1 Å². The van der Waals surface area contributed by atoms with E-state index in [0.717, 1.165) is 30.2 Å². The maximum Gasteiger partial charge on any atom is 0.107 e. The fourth-order valence-electron chi connectivity index (χ4n) is 1.42. The van der Waals surface area contributed by atoms with Gasteiger partial charge in [-0.2, -0.15) is 0 Å². The van der Waals surface area contributed by atoms with Crippen LogP contribution in [-0.2, 0) is 6.54 Å². The molecule has 0 amide bonds. The molecule has 0 aliphatic carbocycles. The smallest absolute Gasteiger partial charge is 0.107 e. The molecule has 0 spiro atoms. The second kappa shape index (κ2) is 6.15. The summed E-state index contributed by atoms with van der Waals surface area (Å²) in [5.74, 6) is 0. The van der Waals surface area contributed by atoms with Crippen LogP contribution >= 0.6 is 23.6 Å². The van der Waals surface area contributed by atoms with Crippen molar-refractivity contribution < 1.29 is 0 Å². The van der Waals surface area contributed by atoms with Gasteiger partial charge in [0.1, 0.15) is 5.01 Å². The Labute approximate surface area is 100 Å². The third-order valence-corrected chi connectivity index (χ3v) is 3.03. The number of hydrogen-bond donors (Lipinski definition) is 1. The zero-order valence-corrected chi connectivity index (χ0v) is 10.8. The molecule has 0 aliphatic heterocycles. The van der Waals surface area contributed by atoms with E-state index in [9.17, 15) is 0 Å². The van der Waals surface area contributed by atoms with Crippen molar-refractivity contribution in [3.05, 3.63) is 16.1 Å². The van der Waals surface area contributed by atoms with E-state index in [0.29, 0.717) is 11.5 Å². The summed E-state index contributed by atoms with van der Waals surface area (Å²) in [6.07, 6.45) is 1.10. The van der Waals surface area contributed by atoms with E-state index in [2.05, 4.69) is 22.2 Å². The van der Waals surface area contributed by atoms with Gasteiger partial charge in [0.05, 0.1) is 11.5 Å². The van der Waals surface area contributed by atoms with Gasteiger partial charge in [-0.1, -0.05) is 19.1 Å². The van der Waals surface area contributed by atoms with E-state index in [1.807, 2.05) is 6.92 Å². The zero-order valence-electron chi connectivity index (χ0n) is 9.19. The predicted octanol–water partition coefficient (Wildman–Crippen LogP) is 1.95. The van der Waals surface area contributed by atoms with E-state index < -0.39 is 0 Å². The molecule has 0 aliphatic rings. The van der Waals surface area contributed by atoms with Crippen LogP contribution in [0, 0.1) is 6.92 Å². The number of aromatic nitrogens is 1. The number of thiazole rings is 1. The Morgan fingerprint density at radius 1 is 1.67 bits per heavy atom. The maximum absolute atomic E-state index is 5.56. The molecule has 15 heavy (non-hydrogen) atoms. The quantitative estimate of drug-likeness (QED) is 0.776. The number of rotatable bonds is 6. The highest BCUT2D eigenvalue weighted by molar-refractivity contribution is 7.80. The van der Waals surface area contributed by atoms with Crippen molar-refractivity contribution >= 4 is 28.5 Å². The van der Waals surface area contributed by atoms with Gasteiger partial charge in [-0.3, -0.25) is 4.90 Å². The molecule has 2 N–H and O–H groups in total. The summed E-state index contributed by atoms with van der Waals surface area (Å²) in [7, 11) is 0. The monoisotopic (exact) mass is 243 g/mol. The molecular weight excluding hydrogens is 226 g/mol. The third kappa shape index (κ3) is 4.68. The van der Waals surface area contributed by atoms with Crippen LogP contribution in [0.5, 0.6) is 0 Å². The van der Waals surface area contributed by atoms with Gasteiger partial charge >= 0.3 is 0 Å². The molecule has 84 valence electrons. The van der Waals surface area contributed by atoms with Crippen LogP contribution in [0.4, 0.5) is 0 Å². The van der Waals surface area contributed by atoms with E-state index in [1.54, 1.807) is 11.3 Å². The first-order valence-corrected chi connectivity index (χ1v) is 6.32. The van der Waals surface area contributed by atoms with Crippen LogP contribution in [0.2, 0.25) is 0 Å². The van der Waals surface area contributed by atoms with Crippen LogP contribution in [0.25, 0.3) is 0 Å². The highest BCUT2D eigenvalue weighted by atomic mass is 32.1. The zero-order chi connectivity index (χ0) is 11.3. The molecule has 1 rings (SSSR count). The maximum atomic E-state index is 5.56. The molecule has 5 heteroatoms. The van der Waals surface area contributed by atoms with Gasteiger partial charge in [-0.05, 0) is 19.9 Å². The molecule has 0 bridgehead atoms. The number of nitrogens with two attached hydrogens (primary N) is 1. The number of thiocarbonyl (C=S) groups is 1. The van der Waals surface area contributed by atoms with Crippen LogP contribution in [0.15, 0.2) is 5.38 Å². The lowest BCUT2D eigenvalue weighted by molar-refractivity contribution is 0.304. The molecule has 1 aromatic heterocycles. The fourth-order valence-corrected chi connectivity index (χ4v) is 2.41. The second-order valence-corrected chi connectivity index (χ2v) is 5.03. The molecular formula is C10H17N3S2. The van der Waals surface area contributed by atoms with Gasteiger partial charge in [0.15, 0.2) is 0 Å². The van der Waals surface area contributed by atoms with Gasteiger partial charge in [-0.25, -0.2) is 4.98 Å². The predicted molar refractivity (Wildman–Crippen MR) is 69.2 cm³/mol. The Bertz CT molecular complexity index is 322. The Hall–Kier alpha value is -0.520. The van der Waals surface area contributed by atoms with E-state index in [-0.39, 0.29) is 0 Å². The Morgan fingerprint density at radius 3 is 2.87 bits per heavy atom. The molecule has 0 saturated carbocycles. The molecule has 0 aromatic carbocycles. The summed E-state index contributed by atoms with van der Waals surface area (Å²) in [6.45, 7) is 6.71. The largest absolute Gasteiger partial charge is 0.392 e. The van der Waals surface area contributed by atoms with Gasteiger partial charge < -0.3 is 5.73 Å². The molecule has 0 atom stereocenters. The highest BCUT2D eigenvalue weighted by Crippen LogP contribution is 2.11. The van der Waals surface area contributed by atoms with Crippen molar-refractivity contribution in [3.63, 3.8) is 0 Å². The molecule has 0 saturated heterocycles. The lowest BCUT2D eigenvalue weighted by Crippen LogP contribution is -2.32. The van der Waals surface area contributed by atoms with Crippen molar-refractivity contribution in [1.82, 2.24) is 9.88 Å². The van der Waals surface area contributed by atoms with Crippen molar-refractivity contribution in [2.45, 2.75) is 26.8 Å². The number of nitrogens with zero attached hydrogens (tertiary/aromatic N) is 2. The number of aryl methyl sites for hydroxylation is 1. The Morgan fingerprint density at radius 2 is 2.40 bits per heavy atom. The first kappa shape index (κ1) is 12.5. The normalized spacial score (nSPS) is 10.9. The summed E-state index contributed by atoms with van der Waals surface area (Å²) in [5.41, 5.74) is 6.64. The van der Waals surface area contributed by atoms with Crippen LogP contribution in [0.3, 0.4) is 0 Å². The first-order chi connectivity index (χ1) is 7.11. The lowest BCUT2D eigenvalue weighted by Gasteiger charge is -2.19. The molecule has 1 aromatic rings. The summed E-state index contributed by atoms with van der Waals surface area (Å²) in [6, 6.07) is 0. The Balaban J connectivity index is 2.53. The van der Waals surface area contributed by atoms with Crippen molar-refractivity contribution in [3.8, 4) is 0 Å². The van der Waals surface area contributed by atoms with E-state index in [1.165, 1.54) is 0 Å². The molecule has 0 fully saturated rings. The molecule has 0 radical (unpaired) electrons. The minimum Gasteiger partial charge on any atom is -0.392 e.